The molecule has 3 saturated heterocycles. The second kappa shape index (κ2) is 26.4. The quantitative estimate of drug-likeness (QED) is 0.126. The molecule has 4 heterocycles. The van der Waals surface area contributed by atoms with Crippen LogP contribution in [0.15, 0.2) is 59.8 Å². The van der Waals surface area contributed by atoms with Crippen molar-refractivity contribution in [3.05, 3.63) is 59.8 Å². The number of carbonyl (C=O) groups excluding carboxylic acids is 4. The number of carbonyl (C=O) groups is 4. The van der Waals surface area contributed by atoms with E-state index in [0.717, 1.165) is 24.0 Å². The Kier molecular flexibility index (Phi) is 21.6. The number of Topliss-reactive ketones (excluding diaryl/α,β-unsaturated/α-hetero) is 2. The van der Waals surface area contributed by atoms with Gasteiger partial charge in [-0.25, -0.2) is 4.79 Å². The van der Waals surface area contributed by atoms with Crippen molar-refractivity contribution in [2.45, 2.75) is 180 Å². The zero-order chi connectivity index (χ0) is 50.6. The zero-order valence-electron chi connectivity index (χ0n) is 43.0. The van der Waals surface area contributed by atoms with E-state index in [-0.39, 0.29) is 60.9 Å². The minimum absolute atomic E-state index is 0.00547. The number of ether oxygens (including phenoxy) is 6. The van der Waals surface area contributed by atoms with E-state index in [9.17, 15) is 34.5 Å². The summed E-state index contributed by atoms with van der Waals surface area (Å²) in [5.41, 5.74) is 2.22. The number of cyclic esters (lactones) is 1. The van der Waals surface area contributed by atoms with Crippen LogP contribution in [0.2, 0.25) is 0 Å². The van der Waals surface area contributed by atoms with Crippen molar-refractivity contribution in [3.63, 3.8) is 0 Å². The molecule has 0 spiro atoms. The van der Waals surface area contributed by atoms with E-state index >= 15 is 0 Å². The van der Waals surface area contributed by atoms with Crippen molar-refractivity contribution < 1.29 is 62.9 Å². The van der Waals surface area contributed by atoms with Crippen LogP contribution in [0.3, 0.4) is 0 Å². The molecule has 69 heavy (non-hydrogen) atoms. The molecule has 4 aliphatic heterocycles. The molecule has 1 amide bonds. The molecular weight excluding hydrogens is 883 g/mol. The summed E-state index contributed by atoms with van der Waals surface area (Å²) in [7, 11) is 3.12. The fourth-order valence-corrected chi connectivity index (χ4v) is 10.8. The Hall–Kier alpha value is -3.34. The highest BCUT2D eigenvalue weighted by molar-refractivity contribution is 6.39. The van der Waals surface area contributed by atoms with E-state index in [1.54, 1.807) is 41.1 Å². The van der Waals surface area contributed by atoms with Crippen molar-refractivity contribution in [2.24, 2.45) is 41.4 Å². The lowest BCUT2D eigenvalue weighted by Gasteiger charge is -2.43. The van der Waals surface area contributed by atoms with E-state index < -0.39 is 77.9 Å². The third-order valence-electron chi connectivity index (χ3n) is 15.7. The highest BCUT2D eigenvalue weighted by Gasteiger charge is 2.53. The monoisotopic (exact) mass is 968 g/mol. The van der Waals surface area contributed by atoms with Gasteiger partial charge in [-0.3, -0.25) is 14.4 Å². The predicted molar refractivity (Wildman–Crippen MR) is 263 cm³/mol. The number of aliphatic hydroxyl groups is 3. The van der Waals surface area contributed by atoms with E-state index in [0.29, 0.717) is 76.8 Å². The number of aliphatic hydroxyl groups excluding tert-OH is 2. The molecule has 0 aromatic carbocycles. The highest BCUT2D eigenvalue weighted by atomic mass is 16.6. The average Bonchev–Trinajstić information content (AvgIpc) is 3.31. The Morgan fingerprint density at radius 3 is 2.30 bits per heavy atom. The lowest BCUT2D eigenvalue weighted by atomic mass is 9.78. The number of amides is 1. The molecule has 5 rings (SSSR count). The number of nitrogens with zero attached hydrogens (tertiary/aromatic N) is 1. The molecule has 15 atom stereocenters. The molecule has 3 N–H and O–H groups in total. The molecule has 388 valence electrons. The Balaban J connectivity index is 1.47. The topological polar surface area (TPSA) is 188 Å². The number of methoxy groups -OCH3 is 2. The van der Waals surface area contributed by atoms with Gasteiger partial charge in [-0.05, 0) is 118 Å². The predicted octanol–water partition coefficient (Wildman–Crippen LogP) is 7.18. The largest absolute Gasteiger partial charge is 0.460 e. The third-order valence-corrected chi connectivity index (χ3v) is 15.7. The van der Waals surface area contributed by atoms with Gasteiger partial charge in [-0.15, -0.1) is 0 Å². The maximum absolute atomic E-state index is 14.5. The zero-order valence-corrected chi connectivity index (χ0v) is 43.0. The number of esters is 1. The summed E-state index contributed by atoms with van der Waals surface area (Å²) < 4.78 is 35.9. The van der Waals surface area contributed by atoms with Gasteiger partial charge in [0.05, 0.1) is 44.2 Å². The first-order valence-corrected chi connectivity index (χ1v) is 25.8. The Morgan fingerprint density at radius 2 is 1.62 bits per heavy atom. The summed E-state index contributed by atoms with van der Waals surface area (Å²) in [4.78, 5) is 58.7. The molecule has 14 nitrogen and oxygen atoms in total. The molecule has 1 saturated carbocycles. The second-order valence-electron chi connectivity index (χ2n) is 21.3. The van der Waals surface area contributed by atoms with Gasteiger partial charge in [0.1, 0.15) is 30.1 Å². The maximum Gasteiger partial charge on any atom is 0.329 e. The van der Waals surface area contributed by atoms with Crippen LogP contribution in [0.5, 0.6) is 0 Å². The standard InChI is InChI=1S/C55H85NO13/c1-33-16-12-11-13-17-34(2)47(67-32-42-30-66-31-42)28-43-21-19-39(7)55(63,69-43)52(60)53(61)56-23-15-14-18-44(56)54(62)68-48(37(5)26-41-20-22-45(57)49(27-41)64-9)29-46(58)36(4)25-38(6)50(59)51(65-10)40(8)35(3)24-33/h11-13,16-17,25,33,35-37,39,41-45,47-51,57,59,63H,8,14-15,18-24,26-32H2,1-7,9-10H3/b13-11+,16-12+,34-17+,38-25+/t33-,35-,36-,37-,39-,41+,43+,44?,45-,47?,48+,49-,50-,51+,55-/m1/s1. The number of ketones is 2. The van der Waals surface area contributed by atoms with Crippen molar-refractivity contribution >= 4 is 23.4 Å². The van der Waals surface area contributed by atoms with Gasteiger partial charge in [-0.2, -0.15) is 0 Å². The third kappa shape index (κ3) is 15.1. The van der Waals surface area contributed by atoms with Crippen molar-refractivity contribution in [2.75, 3.05) is 40.6 Å². The first-order chi connectivity index (χ1) is 32.8. The van der Waals surface area contributed by atoms with E-state index in [2.05, 4.69) is 26.5 Å². The lowest BCUT2D eigenvalue weighted by Crippen LogP contribution is -2.61. The normalized spacial score (nSPS) is 40.0. The van der Waals surface area contributed by atoms with Crippen LogP contribution in [0, 0.1) is 41.4 Å². The minimum Gasteiger partial charge on any atom is -0.460 e. The second-order valence-corrected chi connectivity index (χ2v) is 21.3. The first-order valence-electron chi connectivity index (χ1n) is 25.8. The molecule has 2 bridgehead atoms. The van der Waals surface area contributed by atoms with Crippen LogP contribution in [0.1, 0.15) is 126 Å². The summed E-state index contributed by atoms with van der Waals surface area (Å²) in [5, 5.41) is 34.3. The molecule has 0 aromatic rings. The molecule has 14 heteroatoms. The molecule has 1 aliphatic carbocycles. The van der Waals surface area contributed by atoms with E-state index in [1.807, 2.05) is 38.2 Å². The van der Waals surface area contributed by atoms with Crippen LogP contribution >= 0.6 is 0 Å². The van der Waals surface area contributed by atoms with Crippen LogP contribution in [0.4, 0.5) is 0 Å². The van der Waals surface area contributed by atoms with Gasteiger partial charge in [0.25, 0.3) is 11.7 Å². The van der Waals surface area contributed by atoms with E-state index in [4.69, 9.17) is 28.4 Å². The highest BCUT2D eigenvalue weighted by Crippen LogP contribution is 2.38. The molecule has 2 unspecified atom stereocenters. The fraction of sp³-hybridized carbons (Fsp3) is 0.745. The minimum atomic E-state index is -2.43. The summed E-state index contributed by atoms with van der Waals surface area (Å²) in [5.74, 6) is -6.61. The number of hydrogen-bond acceptors (Lipinski definition) is 13. The Bertz CT molecular complexity index is 1870. The molecular formula is C55H85NO13. The van der Waals surface area contributed by atoms with Gasteiger partial charge in [0.15, 0.2) is 0 Å². The van der Waals surface area contributed by atoms with Gasteiger partial charge in [0.2, 0.25) is 5.79 Å². The Morgan fingerprint density at radius 1 is 0.884 bits per heavy atom. The summed E-state index contributed by atoms with van der Waals surface area (Å²) >= 11 is 0. The SMILES string of the molecule is C=C1[C@H](C)C[C@H](C)/C=C/C=C/C=C(\C)C(OCC2COC2)C[C@@H]2CC[C@@H](C)[C@@](O)(O2)C(=O)C(=O)N2CCCCC2C(=O)O[C@H]([C@H](C)C[C@@H]2CC[C@@H](O)[C@H](OC)C2)CC(=O)[C@H](C)/C=C(\C)[C@@H](O)[C@H]1OC. The Labute approximate surface area is 411 Å². The van der Waals surface area contributed by atoms with E-state index in [1.165, 1.54) is 4.90 Å². The van der Waals surface area contributed by atoms with Gasteiger partial charge >= 0.3 is 5.97 Å². The van der Waals surface area contributed by atoms with Crippen molar-refractivity contribution in [3.8, 4) is 0 Å². The average molecular weight is 968 g/mol. The number of rotatable bonds is 8. The van der Waals surface area contributed by atoms with Gasteiger partial charge in [-0.1, -0.05) is 77.7 Å². The van der Waals surface area contributed by atoms with Crippen LogP contribution in [0.25, 0.3) is 0 Å². The first kappa shape index (κ1) is 56.6. The molecule has 5 aliphatic rings. The van der Waals surface area contributed by atoms with Crippen LogP contribution in [-0.2, 0) is 47.6 Å². The van der Waals surface area contributed by atoms with Crippen LogP contribution < -0.4 is 0 Å². The lowest BCUT2D eigenvalue weighted by molar-refractivity contribution is -0.266. The molecule has 4 fully saturated rings. The number of allylic oxidation sites excluding steroid dienone is 6. The van der Waals surface area contributed by atoms with Crippen molar-refractivity contribution in [1.29, 1.82) is 0 Å². The fourth-order valence-electron chi connectivity index (χ4n) is 10.8. The number of hydrogen-bond donors (Lipinski definition) is 3. The van der Waals surface area contributed by atoms with Crippen molar-refractivity contribution in [1.82, 2.24) is 4.90 Å². The molecule has 0 aromatic heterocycles. The number of piperidine rings is 1. The summed E-state index contributed by atoms with van der Waals surface area (Å²) in [6, 6.07) is -1.12. The summed E-state index contributed by atoms with van der Waals surface area (Å²) in [6.07, 6.45) is 12.9. The van der Waals surface area contributed by atoms with Gasteiger partial charge in [0, 0.05) is 51.4 Å². The van der Waals surface area contributed by atoms with Gasteiger partial charge < -0.3 is 48.6 Å². The van der Waals surface area contributed by atoms with Crippen LogP contribution in [-0.4, -0.2) is 139 Å². The number of fused-ring (bicyclic) bond motifs is 3. The smallest absolute Gasteiger partial charge is 0.329 e. The summed E-state index contributed by atoms with van der Waals surface area (Å²) in [6.45, 7) is 19.5. The molecule has 0 radical (unpaired) electrons. The maximum atomic E-state index is 14.5.